The number of anilines is 1. The van der Waals surface area contributed by atoms with E-state index in [1.54, 1.807) is 4.57 Å². The Bertz CT molecular complexity index is 1020. The first-order chi connectivity index (χ1) is 15.0. The van der Waals surface area contributed by atoms with Gasteiger partial charge in [0.25, 0.3) is 0 Å². The summed E-state index contributed by atoms with van der Waals surface area (Å²) in [5.74, 6) is 0.633. The van der Waals surface area contributed by atoms with Gasteiger partial charge in [-0.05, 0) is 12.8 Å². The molecule has 1 fully saturated rings. The van der Waals surface area contributed by atoms with Gasteiger partial charge in [-0.3, -0.25) is 17.8 Å². The highest BCUT2D eigenvalue weighted by Gasteiger charge is 2.44. The number of nitrogen functional groups attached to an aromatic ring is 1. The molecule has 4 atom stereocenters. The van der Waals surface area contributed by atoms with Gasteiger partial charge < -0.3 is 40.8 Å². The summed E-state index contributed by atoms with van der Waals surface area (Å²) in [6.07, 6.45) is -0.704. The number of nitrogens with zero attached hydrogens (tertiary/aromatic N) is 4. The fourth-order valence-corrected chi connectivity index (χ4v) is 3.27. The van der Waals surface area contributed by atoms with Crippen molar-refractivity contribution in [2.45, 2.75) is 50.7 Å². The Morgan fingerprint density at radius 1 is 1.31 bits per heavy atom. The second-order valence-electron chi connectivity index (χ2n) is 6.83. The number of nitrogens with one attached hydrogen (secondary N) is 1. The number of imidazole rings is 1. The maximum atomic E-state index is 11.2. The van der Waals surface area contributed by atoms with Crippen molar-refractivity contribution < 1.29 is 37.3 Å². The van der Waals surface area contributed by atoms with E-state index in [-0.39, 0.29) is 18.3 Å². The molecule has 0 saturated carbocycles. The Kier molecular flexibility index (Phi) is 8.79. The lowest BCUT2D eigenvalue weighted by Gasteiger charge is -2.19. The summed E-state index contributed by atoms with van der Waals surface area (Å²) in [4.78, 5) is 23.8. The highest BCUT2D eigenvalue weighted by molar-refractivity contribution is 7.79. The average Bonchev–Trinajstić information content (AvgIpc) is 3.22. The van der Waals surface area contributed by atoms with Gasteiger partial charge in [0.1, 0.15) is 24.4 Å². The Labute approximate surface area is 183 Å². The molecule has 1 aliphatic rings. The molecule has 7 N–H and O–H groups in total. The van der Waals surface area contributed by atoms with Crippen molar-refractivity contribution in [3.8, 4) is 0 Å². The third-order valence-corrected chi connectivity index (χ3v) is 4.66. The fourth-order valence-electron chi connectivity index (χ4n) is 3.27. The standard InChI is InChI=1S/C16H25N7O4.H2O4S/c1-2-9-22-11-14(18)20-7-21-15(11)23(9)16-13(26)12(25)8(27-16)4-3-5-19-10(24)6-17;1-5(2,3)4/h7-8,12-13,16,25-26H,2-6,17H2,1H3,(H,19,24)(H2,18,20,21);(H2,1,2,3,4)/p-2/t8-,12-,13-,16-;/m1./s1. The predicted molar refractivity (Wildman–Crippen MR) is 107 cm³/mol. The summed E-state index contributed by atoms with van der Waals surface area (Å²) in [5, 5.41) is 23.6. The Hall–Kier alpha value is -2.47. The van der Waals surface area contributed by atoms with E-state index in [2.05, 4.69) is 20.3 Å². The van der Waals surface area contributed by atoms with E-state index in [0.717, 1.165) is 0 Å². The molecule has 32 heavy (non-hydrogen) atoms. The number of carbonyl (C=O) groups is 1. The van der Waals surface area contributed by atoms with E-state index in [1.165, 1.54) is 6.33 Å². The van der Waals surface area contributed by atoms with Crippen LogP contribution in [0.1, 0.15) is 31.8 Å². The first kappa shape index (κ1) is 25.8. The lowest BCUT2D eigenvalue weighted by Crippen LogP contribution is -2.33. The molecule has 0 bridgehead atoms. The highest BCUT2D eigenvalue weighted by atomic mass is 32.3. The number of hydrogen-bond donors (Lipinski definition) is 5. The van der Waals surface area contributed by atoms with Crippen LogP contribution in [-0.2, 0) is 26.4 Å². The van der Waals surface area contributed by atoms with E-state index in [4.69, 9.17) is 33.7 Å². The number of aryl methyl sites for hydroxylation is 1. The van der Waals surface area contributed by atoms with Gasteiger partial charge in [-0.15, -0.1) is 0 Å². The van der Waals surface area contributed by atoms with Crippen molar-refractivity contribution in [3.05, 3.63) is 12.2 Å². The molecule has 0 radical (unpaired) electrons. The number of amides is 1. The minimum atomic E-state index is -5.17. The van der Waals surface area contributed by atoms with Gasteiger partial charge in [0.05, 0.1) is 12.6 Å². The summed E-state index contributed by atoms with van der Waals surface area (Å²) < 4.78 is 41.7. The molecule has 1 saturated heterocycles. The van der Waals surface area contributed by atoms with Crippen LogP contribution >= 0.6 is 0 Å². The van der Waals surface area contributed by atoms with E-state index in [9.17, 15) is 15.0 Å². The molecule has 180 valence electrons. The maximum Gasteiger partial charge on any atom is 0.233 e. The van der Waals surface area contributed by atoms with Crippen LogP contribution in [0, 0.1) is 0 Å². The average molecular weight is 475 g/mol. The summed E-state index contributed by atoms with van der Waals surface area (Å²) in [5.41, 5.74) is 12.0. The molecule has 2 aromatic heterocycles. The van der Waals surface area contributed by atoms with E-state index in [0.29, 0.717) is 42.8 Å². The van der Waals surface area contributed by atoms with Gasteiger partial charge in [0, 0.05) is 23.4 Å². The summed E-state index contributed by atoms with van der Waals surface area (Å²) in [7, 11) is -5.17. The molecule has 2 aromatic rings. The predicted octanol–water partition coefficient (Wildman–Crippen LogP) is -2.89. The number of ether oxygens (including phenoxy) is 1. The van der Waals surface area contributed by atoms with Crippen LogP contribution in [0.5, 0.6) is 0 Å². The molecule has 1 amide bonds. The lowest BCUT2D eigenvalue weighted by atomic mass is 10.1. The quantitative estimate of drug-likeness (QED) is 0.153. The summed E-state index contributed by atoms with van der Waals surface area (Å²) in [6.45, 7) is 2.26. The largest absolute Gasteiger partial charge is 0.759 e. The first-order valence-electron chi connectivity index (χ1n) is 9.60. The number of aliphatic hydroxyl groups excluding tert-OH is 2. The Balaban J connectivity index is 0.000000654. The van der Waals surface area contributed by atoms with Crippen LogP contribution in [0.25, 0.3) is 11.2 Å². The van der Waals surface area contributed by atoms with E-state index < -0.39 is 34.9 Å². The smallest absolute Gasteiger partial charge is 0.233 e. The van der Waals surface area contributed by atoms with Crippen LogP contribution in [0.15, 0.2) is 6.33 Å². The van der Waals surface area contributed by atoms with Crippen molar-refractivity contribution in [1.29, 1.82) is 0 Å². The minimum absolute atomic E-state index is 0.0676. The zero-order valence-electron chi connectivity index (χ0n) is 17.1. The second-order valence-corrected chi connectivity index (χ2v) is 7.65. The molecular formula is C16H25N7O8S-2. The second kappa shape index (κ2) is 10.9. The zero-order valence-corrected chi connectivity index (χ0v) is 17.9. The molecule has 1 aliphatic heterocycles. The molecular weight excluding hydrogens is 450 g/mol. The van der Waals surface area contributed by atoms with Gasteiger partial charge in [-0.2, -0.15) is 0 Å². The fraction of sp³-hybridized carbons (Fsp3) is 0.625. The lowest BCUT2D eigenvalue weighted by molar-refractivity contribution is -0.119. The molecule has 15 nitrogen and oxygen atoms in total. The summed E-state index contributed by atoms with van der Waals surface area (Å²) >= 11 is 0. The molecule has 0 aliphatic carbocycles. The van der Waals surface area contributed by atoms with Crippen LogP contribution in [0.2, 0.25) is 0 Å². The first-order valence-corrected chi connectivity index (χ1v) is 10.9. The summed E-state index contributed by atoms with van der Waals surface area (Å²) in [6, 6.07) is 0. The topological polar surface area (TPSA) is 255 Å². The third kappa shape index (κ3) is 6.52. The molecule has 3 heterocycles. The zero-order chi connectivity index (χ0) is 24.1. The molecule has 0 spiro atoms. The van der Waals surface area contributed by atoms with E-state index >= 15 is 0 Å². The van der Waals surface area contributed by atoms with Gasteiger partial charge in [-0.25, -0.2) is 15.0 Å². The minimum Gasteiger partial charge on any atom is -0.759 e. The number of aliphatic hydroxyl groups is 2. The number of nitrogens with two attached hydrogens (primary N) is 2. The molecule has 16 heteroatoms. The van der Waals surface area contributed by atoms with Crippen molar-refractivity contribution in [2.75, 3.05) is 18.8 Å². The molecule has 3 rings (SSSR count). The van der Waals surface area contributed by atoms with Crippen LogP contribution < -0.4 is 16.8 Å². The van der Waals surface area contributed by atoms with Crippen molar-refractivity contribution >= 4 is 33.3 Å². The maximum absolute atomic E-state index is 11.2. The molecule has 0 unspecified atom stereocenters. The Morgan fingerprint density at radius 2 is 1.97 bits per heavy atom. The van der Waals surface area contributed by atoms with E-state index in [1.807, 2.05) is 6.92 Å². The number of carbonyl (C=O) groups excluding carboxylic acids is 1. The highest BCUT2D eigenvalue weighted by Crippen LogP contribution is 2.35. The van der Waals surface area contributed by atoms with Crippen LogP contribution in [-0.4, -0.2) is 84.6 Å². The number of rotatable bonds is 7. The van der Waals surface area contributed by atoms with Gasteiger partial charge >= 0.3 is 0 Å². The number of fused-ring (bicyclic) bond motifs is 1. The monoisotopic (exact) mass is 475 g/mol. The van der Waals surface area contributed by atoms with Gasteiger partial charge in [0.2, 0.25) is 5.91 Å². The van der Waals surface area contributed by atoms with Crippen LogP contribution in [0.4, 0.5) is 5.82 Å². The normalized spacial score (nSPS) is 23.1. The molecule has 0 aromatic carbocycles. The third-order valence-electron chi connectivity index (χ3n) is 4.66. The van der Waals surface area contributed by atoms with Gasteiger partial charge in [0.15, 0.2) is 23.2 Å². The van der Waals surface area contributed by atoms with Crippen molar-refractivity contribution in [1.82, 2.24) is 24.8 Å². The van der Waals surface area contributed by atoms with Crippen molar-refractivity contribution in [3.63, 3.8) is 0 Å². The van der Waals surface area contributed by atoms with Gasteiger partial charge in [-0.1, -0.05) is 6.92 Å². The Morgan fingerprint density at radius 3 is 2.56 bits per heavy atom. The number of hydrogen-bond acceptors (Lipinski definition) is 13. The number of aromatic nitrogens is 4. The van der Waals surface area contributed by atoms with Crippen molar-refractivity contribution in [2.24, 2.45) is 5.73 Å². The SMILES string of the molecule is CCc1nc2c(N)ncnc2n1[C@@H]1O[C@H](CCCNC(=O)CN)[C@@H](O)[C@H]1O.O=S(=O)([O-])[O-]. The van der Waals surface area contributed by atoms with Crippen LogP contribution in [0.3, 0.4) is 0 Å².